The monoisotopic (exact) mass is 315 g/mol. The number of carbonyl (C=O) groups excluding carboxylic acids is 1. The number of amides is 1. The lowest BCUT2D eigenvalue weighted by molar-refractivity contribution is 0.0900. The molecule has 1 aliphatic rings. The average molecular weight is 315 g/mol. The van der Waals surface area contributed by atoms with Crippen LogP contribution in [0.3, 0.4) is 0 Å². The van der Waals surface area contributed by atoms with Gasteiger partial charge in [0.15, 0.2) is 0 Å². The van der Waals surface area contributed by atoms with Gasteiger partial charge in [-0.25, -0.2) is 13.6 Å². The van der Waals surface area contributed by atoms with Crippen molar-refractivity contribution in [2.24, 2.45) is 5.14 Å². The van der Waals surface area contributed by atoms with Gasteiger partial charge in [-0.05, 0) is 32.3 Å². The van der Waals surface area contributed by atoms with Gasteiger partial charge in [0.25, 0.3) is 5.91 Å². The smallest absolute Gasteiger partial charge is 0.267 e. The van der Waals surface area contributed by atoms with E-state index < -0.39 is 10.0 Å². The molecular weight excluding hydrogens is 294 g/mol. The van der Waals surface area contributed by atoms with E-state index in [0.717, 1.165) is 25.9 Å². The Kier molecular flexibility index (Phi) is 5.02. The Labute approximate surface area is 124 Å². The van der Waals surface area contributed by atoms with Crippen LogP contribution in [0.5, 0.6) is 0 Å². The summed E-state index contributed by atoms with van der Waals surface area (Å²) < 4.78 is 29.7. The zero-order valence-corrected chi connectivity index (χ0v) is 12.9. The van der Waals surface area contributed by atoms with Crippen LogP contribution >= 0.6 is 0 Å². The standard InChI is InChI=1S/C13H21N3O4S/c1-2-16-9-11(21(14,18)19)8-12(16)13(17)15-6-5-10-4-3-7-20-10/h8-10H,2-7H2,1H3,(H,15,17)(H2,14,18,19). The van der Waals surface area contributed by atoms with E-state index in [1.165, 1.54) is 12.3 Å². The molecule has 0 aliphatic carbocycles. The topological polar surface area (TPSA) is 103 Å². The van der Waals surface area contributed by atoms with Gasteiger partial charge in [0.05, 0.1) is 6.10 Å². The van der Waals surface area contributed by atoms with Crippen LogP contribution in [0, 0.1) is 0 Å². The number of aryl methyl sites for hydroxylation is 1. The highest BCUT2D eigenvalue weighted by molar-refractivity contribution is 7.89. The summed E-state index contributed by atoms with van der Waals surface area (Å²) in [6.07, 6.45) is 4.44. The van der Waals surface area contributed by atoms with Crippen molar-refractivity contribution < 1.29 is 17.9 Å². The Morgan fingerprint density at radius 2 is 2.33 bits per heavy atom. The second kappa shape index (κ2) is 6.59. The van der Waals surface area contributed by atoms with Gasteiger partial charge in [0.2, 0.25) is 10.0 Å². The van der Waals surface area contributed by atoms with Gasteiger partial charge in [-0.1, -0.05) is 0 Å². The highest BCUT2D eigenvalue weighted by Crippen LogP contribution is 2.15. The Morgan fingerprint density at radius 1 is 1.57 bits per heavy atom. The molecule has 0 bridgehead atoms. The van der Waals surface area contributed by atoms with Crippen LogP contribution in [0.15, 0.2) is 17.2 Å². The van der Waals surface area contributed by atoms with Crippen molar-refractivity contribution in [2.45, 2.75) is 43.7 Å². The summed E-state index contributed by atoms with van der Waals surface area (Å²) in [5, 5.41) is 7.88. The molecule has 0 spiro atoms. The van der Waals surface area contributed by atoms with E-state index in [4.69, 9.17) is 9.88 Å². The molecule has 21 heavy (non-hydrogen) atoms. The molecule has 0 radical (unpaired) electrons. The minimum absolute atomic E-state index is 0.0476. The van der Waals surface area contributed by atoms with Crippen molar-refractivity contribution >= 4 is 15.9 Å². The van der Waals surface area contributed by atoms with E-state index in [1.807, 2.05) is 6.92 Å². The number of hydrogen-bond acceptors (Lipinski definition) is 4. The molecule has 1 atom stereocenters. The molecule has 1 aromatic rings. The van der Waals surface area contributed by atoms with Crippen LogP contribution in [0.4, 0.5) is 0 Å². The van der Waals surface area contributed by atoms with Gasteiger partial charge in [0, 0.05) is 25.9 Å². The van der Waals surface area contributed by atoms with Crippen molar-refractivity contribution in [3.8, 4) is 0 Å². The summed E-state index contributed by atoms with van der Waals surface area (Å²) in [6, 6.07) is 1.31. The van der Waals surface area contributed by atoms with Gasteiger partial charge in [0.1, 0.15) is 10.6 Å². The van der Waals surface area contributed by atoms with E-state index in [-0.39, 0.29) is 16.9 Å². The predicted molar refractivity (Wildman–Crippen MR) is 77.4 cm³/mol. The number of aromatic nitrogens is 1. The maximum Gasteiger partial charge on any atom is 0.267 e. The van der Waals surface area contributed by atoms with E-state index in [1.54, 1.807) is 4.57 Å². The number of nitrogens with one attached hydrogen (secondary N) is 1. The van der Waals surface area contributed by atoms with Crippen LogP contribution in [0.25, 0.3) is 0 Å². The molecule has 1 aromatic heterocycles. The summed E-state index contributed by atoms with van der Waals surface area (Å²) in [5.74, 6) is -0.301. The Bertz CT molecular complexity index is 603. The number of carbonyl (C=O) groups is 1. The number of rotatable bonds is 6. The number of hydrogen-bond donors (Lipinski definition) is 2. The van der Waals surface area contributed by atoms with Gasteiger partial charge >= 0.3 is 0 Å². The van der Waals surface area contributed by atoms with Gasteiger partial charge in [-0.2, -0.15) is 0 Å². The number of nitrogens with two attached hydrogens (primary N) is 1. The molecule has 8 heteroatoms. The fourth-order valence-corrected chi connectivity index (χ4v) is 2.95. The average Bonchev–Trinajstić information content (AvgIpc) is 3.06. The number of nitrogens with zero attached hydrogens (tertiary/aromatic N) is 1. The van der Waals surface area contributed by atoms with E-state index in [0.29, 0.717) is 18.8 Å². The zero-order chi connectivity index (χ0) is 15.5. The predicted octanol–water partition coefficient (Wildman–Crippen LogP) is 0.454. The van der Waals surface area contributed by atoms with Crippen molar-refractivity contribution in [3.05, 3.63) is 18.0 Å². The molecule has 1 unspecified atom stereocenters. The lowest BCUT2D eigenvalue weighted by atomic mass is 10.2. The maximum atomic E-state index is 12.1. The molecule has 2 heterocycles. The fourth-order valence-electron chi connectivity index (χ4n) is 2.40. The zero-order valence-electron chi connectivity index (χ0n) is 12.0. The first kappa shape index (κ1) is 16.0. The Hall–Kier alpha value is -1.38. The number of ether oxygens (including phenoxy) is 1. The van der Waals surface area contributed by atoms with Crippen LogP contribution < -0.4 is 10.5 Å². The van der Waals surface area contributed by atoms with Gasteiger partial charge < -0.3 is 14.6 Å². The number of primary sulfonamides is 1. The highest BCUT2D eigenvalue weighted by Gasteiger charge is 2.19. The lowest BCUT2D eigenvalue weighted by Crippen LogP contribution is -2.28. The second-order valence-corrected chi connectivity index (χ2v) is 6.63. The lowest BCUT2D eigenvalue weighted by Gasteiger charge is -2.11. The maximum absolute atomic E-state index is 12.1. The summed E-state index contributed by atoms with van der Waals surface area (Å²) in [7, 11) is -3.80. The summed E-state index contributed by atoms with van der Waals surface area (Å²) in [4.78, 5) is 12.1. The largest absolute Gasteiger partial charge is 0.378 e. The minimum atomic E-state index is -3.80. The van der Waals surface area contributed by atoms with Crippen molar-refractivity contribution in [1.82, 2.24) is 9.88 Å². The van der Waals surface area contributed by atoms with Gasteiger partial charge in [-0.15, -0.1) is 0 Å². The van der Waals surface area contributed by atoms with Crippen LogP contribution in [0.2, 0.25) is 0 Å². The molecule has 118 valence electrons. The quantitative estimate of drug-likeness (QED) is 0.795. The molecule has 0 aromatic carbocycles. The fraction of sp³-hybridized carbons (Fsp3) is 0.615. The molecule has 1 amide bonds. The summed E-state index contributed by atoms with van der Waals surface area (Å²) in [5.41, 5.74) is 0.300. The Morgan fingerprint density at radius 3 is 2.90 bits per heavy atom. The Balaban J connectivity index is 1.99. The van der Waals surface area contributed by atoms with Gasteiger partial charge in [-0.3, -0.25) is 4.79 Å². The highest BCUT2D eigenvalue weighted by atomic mass is 32.2. The van der Waals surface area contributed by atoms with E-state index in [9.17, 15) is 13.2 Å². The second-order valence-electron chi connectivity index (χ2n) is 5.07. The molecular formula is C13H21N3O4S. The molecule has 0 saturated carbocycles. The summed E-state index contributed by atoms with van der Waals surface area (Å²) >= 11 is 0. The molecule has 2 rings (SSSR count). The first-order chi connectivity index (χ1) is 9.91. The molecule has 3 N–H and O–H groups in total. The van der Waals surface area contributed by atoms with Crippen LogP contribution in [-0.2, 0) is 21.3 Å². The van der Waals surface area contributed by atoms with Crippen LogP contribution in [-0.4, -0.2) is 38.1 Å². The van der Waals surface area contributed by atoms with E-state index in [2.05, 4.69) is 5.32 Å². The first-order valence-electron chi connectivity index (χ1n) is 7.04. The molecule has 1 fully saturated rings. The van der Waals surface area contributed by atoms with Crippen LogP contribution in [0.1, 0.15) is 36.7 Å². The first-order valence-corrected chi connectivity index (χ1v) is 8.59. The normalized spacial score (nSPS) is 18.9. The molecule has 1 aliphatic heterocycles. The number of sulfonamides is 1. The van der Waals surface area contributed by atoms with Crippen molar-refractivity contribution in [2.75, 3.05) is 13.2 Å². The SMILES string of the molecule is CCn1cc(S(N)(=O)=O)cc1C(=O)NCCC1CCCO1. The third-order valence-corrected chi connectivity index (χ3v) is 4.43. The molecule has 7 nitrogen and oxygen atoms in total. The van der Waals surface area contributed by atoms with Crippen molar-refractivity contribution in [1.29, 1.82) is 0 Å². The third kappa shape index (κ3) is 4.05. The third-order valence-electron chi connectivity index (χ3n) is 3.55. The minimum Gasteiger partial charge on any atom is -0.378 e. The van der Waals surface area contributed by atoms with E-state index >= 15 is 0 Å². The summed E-state index contributed by atoms with van der Waals surface area (Å²) in [6.45, 7) is 3.61. The van der Waals surface area contributed by atoms with Crippen molar-refractivity contribution in [3.63, 3.8) is 0 Å². The molecule has 1 saturated heterocycles.